The molecule has 0 aliphatic carbocycles. The molecular weight excluding hydrogens is 258 g/mol. The van der Waals surface area contributed by atoms with Crippen LogP contribution < -0.4 is 15.0 Å². The maximum atomic E-state index is 12.5. The Morgan fingerprint density at radius 2 is 1.95 bits per heavy atom. The van der Waals surface area contributed by atoms with Gasteiger partial charge in [0.1, 0.15) is 12.4 Å². The summed E-state index contributed by atoms with van der Waals surface area (Å²) in [6, 6.07) is 9.75. The van der Waals surface area contributed by atoms with Gasteiger partial charge in [-0.2, -0.15) is 0 Å². The molecular formula is C15H13NO4. The molecule has 3 rings (SSSR count). The van der Waals surface area contributed by atoms with Crippen LogP contribution in [0.1, 0.15) is 15.9 Å². The Morgan fingerprint density at radius 3 is 2.65 bits per heavy atom. The van der Waals surface area contributed by atoms with Gasteiger partial charge in [0.05, 0.1) is 19.2 Å². The van der Waals surface area contributed by atoms with E-state index < -0.39 is 0 Å². The van der Waals surface area contributed by atoms with Crippen LogP contribution in [0.15, 0.2) is 41.2 Å². The number of hydrogen-bond acceptors (Lipinski definition) is 4. The molecule has 0 unspecified atom stereocenters. The summed E-state index contributed by atoms with van der Waals surface area (Å²) in [5.74, 6) is 0.879. The van der Waals surface area contributed by atoms with Crippen molar-refractivity contribution in [3.8, 4) is 11.6 Å². The Hall–Kier alpha value is -2.56. The summed E-state index contributed by atoms with van der Waals surface area (Å²) in [5.41, 5.74) is 0.791. The van der Waals surface area contributed by atoms with Crippen molar-refractivity contribution in [1.29, 1.82) is 0 Å². The zero-order valence-electron chi connectivity index (χ0n) is 11.0. The quantitative estimate of drug-likeness (QED) is 0.793. The van der Waals surface area contributed by atoms with Crippen LogP contribution in [0.25, 0.3) is 0 Å². The van der Waals surface area contributed by atoms with Gasteiger partial charge in [-0.1, -0.05) is 0 Å². The number of ether oxygens (including phenoxy) is 2. The summed E-state index contributed by atoms with van der Waals surface area (Å²) in [7, 11) is 1.57. The van der Waals surface area contributed by atoms with Crippen molar-refractivity contribution < 1.29 is 14.3 Å². The maximum Gasteiger partial charge on any atom is 0.253 e. The van der Waals surface area contributed by atoms with E-state index in [1.54, 1.807) is 31.4 Å². The number of carbonyl (C=O) groups excluding carboxylic acids is 1. The molecule has 0 bridgehead atoms. The lowest BCUT2D eigenvalue weighted by atomic mass is 10.0. The first kappa shape index (κ1) is 12.5. The van der Waals surface area contributed by atoms with E-state index in [0.717, 1.165) is 0 Å². The Morgan fingerprint density at radius 1 is 1.20 bits per heavy atom. The number of fused-ring (bicyclic) bond motifs is 1. The van der Waals surface area contributed by atoms with Gasteiger partial charge in [0, 0.05) is 11.6 Å². The van der Waals surface area contributed by atoms with Crippen LogP contribution in [0.2, 0.25) is 0 Å². The Labute approximate surface area is 115 Å². The van der Waals surface area contributed by atoms with E-state index in [2.05, 4.69) is 0 Å². The van der Waals surface area contributed by atoms with Crippen molar-refractivity contribution in [2.45, 2.75) is 6.54 Å². The number of benzene rings is 1. The third-order valence-electron chi connectivity index (χ3n) is 3.28. The second-order valence-corrected chi connectivity index (χ2v) is 4.45. The van der Waals surface area contributed by atoms with Gasteiger partial charge in [0.15, 0.2) is 5.78 Å². The van der Waals surface area contributed by atoms with Crippen LogP contribution in [0, 0.1) is 0 Å². The van der Waals surface area contributed by atoms with Crippen molar-refractivity contribution >= 4 is 5.78 Å². The number of rotatable bonds is 3. The number of aromatic nitrogens is 1. The van der Waals surface area contributed by atoms with Crippen LogP contribution in [0.3, 0.4) is 0 Å². The topological polar surface area (TPSA) is 57.5 Å². The zero-order chi connectivity index (χ0) is 14.1. The highest BCUT2D eigenvalue weighted by Gasteiger charge is 2.22. The minimum atomic E-state index is -0.168. The number of carbonyl (C=O) groups is 1. The van der Waals surface area contributed by atoms with E-state index >= 15 is 0 Å². The van der Waals surface area contributed by atoms with Gasteiger partial charge < -0.3 is 9.47 Å². The number of pyridine rings is 1. The first-order chi connectivity index (χ1) is 9.70. The van der Waals surface area contributed by atoms with E-state index in [0.29, 0.717) is 35.9 Å². The minimum absolute atomic E-state index is 0.149. The predicted molar refractivity (Wildman–Crippen MR) is 72.6 cm³/mol. The fourth-order valence-corrected chi connectivity index (χ4v) is 2.23. The molecule has 1 aliphatic heterocycles. The number of methoxy groups -OCH3 is 1. The van der Waals surface area contributed by atoms with Crippen molar-refractivity contribution in [3.63, 3.8) is 0 Å². The number of nitrogens with zero attached hydrogens (tertiary/aromatic N) is 1. The second kappa shape index (κ2) is 4.85. The lowest BCUT2D eigenvalue weighted by molar-refractivity contribution is 0.103. The number of ketones is 1. The molecule has 5 nitrogen and oxygen atoms in total. The molecule has 1 aliphatic rings. The Balaban J connectivity index is 2.02. The highest BCUT2D eigenvalue weighted by Crippen LogP contribution is 2.24. The smallest absolute Gasteiger partial charge is 0.253 e. The lowest BCUT2D eigenvalue weighted by Crippen LogP contribution is -2.18. The summed E-state index contributed by atoms with van der Waals surface area (Å²) in [6.45, 7) is 0.903. The molecule has 0 spiro atoms. The van der Waals surface area contributed by atoms with Crippen molar-refractivity contribution in [1.82, 2.24) is 4.57 Å². The van der Waals surface area contributed by atoms with Crippen LogP contribution >= 0.6 is 0 Å². The molecule has 5 heteroatoms. The third-order valence-corrected chi connectivity index (χ3v) is 3.28. The van der Waals surface area contributed by atoms with Gasteiger partial charge in [-0.25, -0.2) is 0 Å². The van der Waals surface area contributed by atoms with Crippen molar-refractivity contribution in [3.05, 3.63) is 57.9 Å². The fraction of sp³-hybridized carbons (Fsp3) is 0.200. The lowest BCUT2D eigenvalue weighted by Gasteiger charge is -2.08. The Bertz CT molecular complexity index is 716. The first-order valence-electron chi connectivity index (χ1n) is 6.26. The van der Waals surface area contributed by atoms with Crippen molar-refractivity contribution in [2.24, 2.45) is 0 Å². The molecule has 0 fully saturated rings. The molecule has 2 heterocycles. The van der Waals surface area contributed by atoms with Crippen LogP contribution in [-0.4, -0.2) is 24.1 Å². The molecule has 2 aromatic rings. The third kappa shape index (κ3) is 1.97. The highest BCUT2D eigenvalue weighted by molar-refractivity contribution is 6.10. The van der Waals surface area contributed by atoms with E-state index in [1.165, 1.54) is 16.7 Å². The molecule has 20 heavy (non-hydrogen) atoms. The SMILES string of the molecule is COc1ccc(C(=O)c2ccc(=O)n3c2OCC3)cc1. The van der Waals surface area contributed by atoms with Gasteiger partial charge >= 0.3 is 0 Å². The first-order valence-corrected chi connectivity index (χ1v) is 6.26. The average molecular weight is 271 g/mol. The van der Waals surface area contributed by atoms with Gasteiger partial charge in [0.25, 0.3) is 5.56 Å². The second-order valence-electron chi connectivity index (χ2n) is 4.45. The van der Waals surface area contributed by atoms with Crippen LogP contribution in [-0.2, 0) is 6.54 Å². The molecule has 102 valence electrons. The molecule has 0 amide bonds. The number of hydrogen-bond donors (Lipinski definition) is 0. The molecule has 0 N–H and O–H groups in total. The average Bonchev–Trinajstić information content (AvgIpc) is 2.97. The van der Waals surface area contributed by atoms with E-state index in [1.807, 2.05) is 0 Å². The summed E-state index contributed by atoms with van der Waals surface area (Å²) in [5, 5.41) is 0. The molecule has 0 atom stereocenters. The van der Waals surface area contributed by atoms with Gasteiger partial charge in [0.2, 0.25) is 5.88 Å². The van der Waals surface area contributed by atoms with Crippen LogP contribution in [0.4, 0.5) is 0 Å². The summed E-state index contributed by atoms with van der Waals surface area (Å²) >= 11 is 0. The highest BCUT2D eigenvalue weighted by atomic mass is 16.5. The van der Waals surface area contributed by atoms with Gasteiger partial charge in [-0.3, -0.25) is 14.2 Å². The molecule has 0 saturated carbocycles. The molecule has 1 aromatic carbocycles. The van der Waals surface area contributed by atoms with E-state index in [9.17, 15) is 9.59 Å². The predicted octanol–water partition coefficient (Wildman–Crippen LogP) is 1.48. The van der Waals surface area contributed by atoms with Crippen LogP contribution in [0.5, 0.6) is 11.6 Å². The fourth-order valence-electron chi connectivity index (χ4n) is 2.23. The standard InChI is InChI=1S/C15H13NO4/c1-19-11-4-2-10(3-5-11)14(18)12-6-7-13(17)16-8-9-20-15(12)16/h2-7H,8-9H2,1H3. The zero-order valence-corrected chi connectivity index (χ0v) is 11.0. The van der Waals surface area contributed by atoms with E-state index in [4.69, 9.17) is 9.47 Å². The minimum Gasteiger partial charge on any atom is -0.497 e. The molecule has 0 saturated heterocycles. The molecule has 1 aromatic heterocycles. The summed E-state index contributed by atoms with van der Waals surface area (Å²) in [4.78, 5) is 24.1. The Kier molecular flexibility index (Phi) is 3.02. The largest absolute Gasteiger partial charge is 0.497 e. The van der Waals surface area contributed by atoms with Crippen molar-refractivity contribution in [2.75, 3.05) is 13.7 Å². The summed E-state index contributed by atoms with van der Waals surface area (Å²) < 4.78 is 12.0. The van der Waals surface area contributed by atoms with Gasteiger partial charge in [-0.05, 0) is 30.3 Å². The normalized spacial score (nSPS) is 12.7. The monoisotopic (exact) mass is 271 g/mol. The summed E-state index contributed by atoms with van der Waals surface area (Å²) in [6.07, 6.45) is 0. The molecule has 0 radical (unpaired) electrons. The van der Waals surface area contributed by atoms with Gasteiger partial charge in [-0.15, -0.1) is 0 Å². The van der Waals surface area contributed by atoms with E-state index in [-0.39, 0.29) is 11.3 Å². The maximum absolute atomic E-state index is 12.5.